The molecule has 0 saturated heterocycles. The predicted octanol–water partition coefficient (Wildman–Crippen LogP) is 3.34. The summed E-state index contributed by atoms with van der Waals surface area (Å²) in [5.41, 5.74) is 1.42. The molecule has 0 radical (unpaired) electrons. The van der Waals surface area contributed by atoms with Crippen LogP contribution in [0.1, 0.15) is 22.3 Å². The number of nitrogens with zero attached hydrogens (tertiary/aromatic N) is 1. The van der Waals surface area contributed by atoms with Crippen LogP contribution in [0.4, 0.5) is 0 Å². The maximum atomic E-state index is 10.8. The second kappa shape index (κ2) is 5.84. The molecule has 5 heteroatoms. The van der Waals surface area contributed by atoms with E-state index in [4.69, 9.17) is 9.47 Å². The van der Waals surface area contributed by atoms with Gasteiger partial charge in [-0.2, -0.15) is 0 Å². The molecule has 2 aromatic rings. The van der Waals surface area contributed by atoms with E-state index in [9.17, 15) is 4.79 Å². The van der Waals surface area contributed by atoms with Gasteiger partial charge in [0.2, 0.25) is 0 Å². The van der Waals surface area contributed by atoms with Crippen LogP contribution in [0.15, 0.2) is 18.2 Å². The number of carbonyl (C=O) groups is 1. The first kappa shape index (κ1) is 13.5. The van der Waals surface area contributed by atoms with E-state index >= 15 is 0 Å². The third-order valence-corrected chi connectivity index (χ3v) is 3.69. The third-order valence-electron chi connectivity index (χ3n) is 2.65. The summed E-state index contributed by atoms with van der Waals surface area (Å²) in [4.78, 5) is 16.1. The summed E-state index contributed by atoms with van der Waals surface area (Å²) >= 11 is 1.49. The van der Waals surface area contributed by atoms with Gasteiger partial charge in [0.05, 0.1) is 13.7 Å². The van der Waals surface area contributed by atoms with Crippen molar-refractivity contribution in [1.82, 2.24) is 4.98 Å². The van der Waals surface area contributed by atoms with Crippen molar-refractivity contribution >= 4 is 17.6 Å². The summed E-state index contributed by atoms with van der Waals surface area (Å²) in [6, 6.07) is 5.64. The zero-order valence-electron chi connectivity index (χ0n) is 11.1. The normalized spacial score (nSPS) is 10.3. The minimum absolute atomic E-state index is 0.494. The van der Waals surface area contributed by atoms with E-state index in [0.717, 1.165) is 21.7 Å². The van der Waals surface area contributed by atoms with Gasteiger partial charge in [-0.15, -0.1) is 11.3 Å². The number of thiazole rings is 1. The molecule has 4 nitrogen and oxygen atoms in total. The van der Waals surface area contributed by atoms with E-state index in [1.807, 2.05) is 32.0 Å². The zero-order chi connectivity index (χ0) is 13.8. The molecular weight excluding hydrogens is 262 g/mol. The molecule has 1 heterocycles. The van der Waals surface area contributed by atoms with Crippen molar-refractivity contribution in [3.05, 3.63) is 28.8 Å². The molecule has 0 aliphatic rings. The lowest BCUT2D eigenvalue weighted by molar-refractivity contribution is 0.111. The summed E-state index contributed by atoms with van der Waals surface area (Å²) in [6.07, 6.45) is 0.780. The highest BCUT2D eigenvalue weighted by Crippen LogP contribution is 2.34. The van der Waals surface area contributed by atoms with E-state index < -0.39 is 0 Å². The smallest absolute Gasteiger partial charge is 0.169 e. The van der Waals surface area contributed by atoms with Crippen LogP contribution in [0.2, 0.25) is 0 Å². The second-order valence-electron chi connectivity index (χ2n) is 3.88. The Morgan fingerprint density at radius 1 is 1.37 bits per heavy atom. The Balaban J connectivity index is 2.44. The highest BCUT2D eigenvalue weighted by molar-refractivity contribution is 7.15. The van der Waals surface area contributed by atoms with E-state index in [-0.39, 0.29) is 0 Å². The van der Waals surface area contributed by atoms with E-state index in [1.165, 1.54) is 11.3 Å². The van der Waals surface area contributed by atoms with Gasteiger partial charge in [-0.05, 0) is 32.0 Å². The number of rotatable bonds is 5. The van der Waals surface area contributed by atoms with Gasteiger partial charge in [0.15, 0.2) is 17.8 Å². The number of benzene rings is 1. The van der Waals surface area contributed by atoms with Crippen molar-refractivity contribution in [3.8, 4) is 22.1 Å². The first-order valence-corrected chi connectivity index (χ1v) is 6.75. The van der Waals surface area contributed by atoms with Crippen molar-refractivity contribution in [2.75, 3.05) is 13.7 Å². The predicted molar refractivity (Wildman–Crippen MR) is 75.4 cm³/mol. The number of methoxy groups -OCH3 is 1. The fraction of sp³-hybridized carbons (Fsp3) is 0.286. The Labute approximate surface area is 116 Å². The van der Waals surface area contributed by atoms with Gasteiger partial charge in [0.1, 0.15) is 10.7 Å². The molecule has 100 valence electrons. The maximum Gasteiger partial charge on any atom is 0.169 e. The largest absolute Gasteiger partial charge is 0.493 e. The fourth-order valence-electron chi connectivity index (χ4n) is 1.72. The number of ether oxygens (including phenoxy) is 2. The SMILES string of the molecule is CCOc1cc(-c2nc(C=O)c(C)s2)ccc1OC. The molecule has 19 heavy (non-hydrogen) atoms. The Morgan fingerprint density at radius 2 is 2.16 bits per heavy atom. The topological polar surface area (TPSA) is 48.4 Å². The van der Waals surface area contributed by atoms with Crippen LogP contribution in [0.3, 0.4) is 0 Å². The first-order valence-electron chi connectivity index (χ1n) is 5.93. The van der Waals surface area contributed by atoms with Crippen LogP contribution in [-0.2, 0) is 0 Å². The van der Waals surface area contributed by atoms with Gasteiger partial charge in [0, 0.05) is 10.4 Å². The summed E-state index contributed by atoms with van der Waals surface area (Å²) in [5, 5.41) is 0.809. The maximum absolute atomic E-state index is 10.8. The summed E-state index contributed by atoms with van der Waals surface area (Å²) in [5.74, 6) is 1.37. The number of hydrogen-bond acceptors (Lipinski definition) is 5. The Morgan fingerprint density at radius 3 is 2.74 bits per heavy atom. The lowest BCUT2D eigenvalue weighted by Gasteiger charge is -2.09. The Hall–Kier alpha value is -1.88. The Kier molecular flexibility index (Phi) is 4.16. The van der Waals surface area contributed by atoms with Crippen molar-refractivity contribution in [2.24, 2.45) is 0 Å². The minimum atomic E-state index is 0.494. The van der Waals surface area contributed by atoms with Crippen LogP contribution in [0.5, 0.6) is 11.5 Å². The molecule has 0 saturated carbocycles. The molecule has 0 spiro atoms. The van der Waals surface area contributed by atoms with Crippen LogP contribution in [-0.4, -0.2) is 25.0 Å². The molecule has 0 N–H and O–H groups in total. The average molecular weight is 277 g/mol. The third kappa shape index (κ3) is 2.76. The highest BCUT2D eigenvalue weighted by Gasteiger charge is 2.12. The van der Waals surface area contributed by atoms with Crippen molar-refractivity contribution < 1.29 is 14.3 Å². The lowest BCUT2D eigenvalue weighted by Crippen LogP contribution is -1.95. The number of aromatic nitrogens is 1. The van der Waals surface area contributed by atoms with Gasteiger partial charge >= 0.3 is 0 Å². The van der Waals surface area contributed by atoms with Crippen LogP contribution in [0, 0.1) is 6.92 Å². The van der Waals surface area contributed by atoms with Crippen LogP contribution in [0.25, 0.3) is 10.6 Å². The fourth-order valence-corrected chi connectivity index (χ4v) is 2.60. The Bertz CT molecular complexity index is 592. The molecule has 0 bridgehead atoms. The average Bonchev–Trinajstić information content (AvgIpc) is 2.80. The lowest BCUT2D eigenvalue weighted by atomic mass is 10.2. The molecule has 0 aliphatic carbocycles. The van der Waals surface area contributed by atoms with E-state index in [0.29, 0.717) is 23.8 Å². The monoisotopic (exact) mass is 277 g/mol. The molecule has 0 unspecified atom stereocenters. The minimum Gasteiger partial charge on any atom is -0.493 e. The second-order valence-corrected chi connectivity index (χ2v) is 5.08. The zero-order valence-corrected chi connectivity index (χ0v) is 11.9. The molecule has 1 aromatic carbocycles. The van der Waals surface area contributed by atoms with E-state index in [2.05, 4.69) is 4.98 Å². The highest BCUT2D eigenvalue weighted by atomic mass is 32.1. The van der Waals surface area contributed by atoms with Crippen molar-refractivity contribution in [1.29, 1.82) is 0 Å². The summed E-state index contributed by atoms with van der Waals surface area (Å²) in [7, 11) is 1.61. The van der Waals surface area contributed by atoms with Gasteiger partial charge < -0.3 is 9.47 Å². The van der Waals surface area contributed by atoms with Crippen LogP contribution < -0.4 is 9.47 Å². The van der Waals surface area contributed by atoms with Gasteiger partial charge in [0.25, 0.3) is 0 Å². The standard InChI is InChI=1S/C14H15NO3S/c1-4-18-13-7-10(5-6-12(13)17-3)14-15-11(8-16)9(2)19-14/h5-8H,4H2,1-3H3. The van der Waals surface area contributed by atoms with Gasteiger partial charge in [-0.1, -0.05) is 0 Å². The number of carbonyl (C=O) groups excluding carboxylic acids is 1. The molecule has 0 aliphatic heterocycles. The molecular formula is C14H15NO3S. The van der Waals surface area contributed by atoms with Gasteiger partial charge in [-0.3, -0.25) is 4.79 Å². The summed E-state index contributed by atoms with van der Waals surface area (Å²) < 4.78 is 10.8. The first-order chi connectivity index (χ1) is 9.19. The van der Waals surface area contributed by atoms with Crippen molar-refractivity contribution in [3.63, 3.8) is 0 Å². The molecule has 2 rings (SSSR count). The summed E-state index contributed by atoms with van der Waals surface area (Å²) in [6.45, 7) is 4.37. The van der Waals surface area contributed by atoms with Crippen molar-refractivity contribution in [2.45, 2.75) is 13.8 Å². The quantitative estimate of drug-likeness (QED) is 0.786. The number of hydrogen-bond donors (Lipinski definition) is 0. The molecule has 0 amide bonds. The number of aryl methyl sites for hydroxylation is 1. The molecule has 1 aromatic heterocycles. The number of aldehydes is 1. The van der Waals surface area contributed by atoms with Gasteiger partial charge in [-0.25, -0.2) is 4.98 Å². The van der Waals surface area contributed by atoms with E-state index in [1.54, 1.807) is 7.11 Å². The molecule has 0 fully saturated rings. The molecule has 0 atom stereocenters. The van der Waals surface area contributed by atoms with Crippen LogP contribution >= 0.6 is 11.3 Å².